The summed E-state index contributed by atoms with van der Waals surface area (Å²) in [6.45, 7) is 3.82. The van der Waals surface area contributed by atoms with Gasteiger partial charge in [0.05, 0.1) is 17.4 Å². The fourth-order valence-electron chi connectivity index (χ4n) is 2.70. The predicted molar refractivity (Wildman–Crippen MR) is 78.7 cm³/mol. The monoisotopic (exact) mass is 272 g/mol. The molecule has 1 amide bonds. The lowest BCUT2D eigenvalue weighted by atomic mass is 9.89. The predicted octanol–water partition coefficient (Wildman–Crippen LogP) is 1.78. The molecule has 0 unspecified atom stereocenters. The topological polar surface area (TPSA) is 61.0 Å². The van der Waals surface area contributed by atoms with Crippen LogP contribution in [-0.4, -0.2) is 46.5 Å². The molecule has 20 heavy (non-hydrogen) atoms. The third-order valence-corrected chi connectivity index (χ3v) is 4.42. The molecular weight excluding hydrogens is 252 g/mol. The summed E-state index contributed by atoms with van der Waals surface area (Å²) in [7, 11) is 1.99. The molecule has 5 heteroatoms. The Kier molecular flexibility index (Phi) is 3.22. The van der Waals surface area contributed by atoms with Gasteiger partial charge in [0.15, 0.2) is 0 Å². The second-order valence-electron chi connectivity index (χ2n) is 5.74. The first-order valence-electron chi connectivity index (χ1n) is 7.03. The van der Waals surface area contributed by atoms with E-state index in [4.69, 9.17) is 0 Å². The van der Waals surface area contributed by atoms with E-state index in [2.05, 4.69) is 22.2 Å². The number of hydrogen-bond acceptors (Lipinski definition) is 3. The zero-order valence-corrected chi connectivity index (χ0v) is 11.9. The highest BCUT2D eigenvalue weighted by atomic mass is 16.2. The lowest BCUT2D eigenvalue weighted by molar-refractivity contribution is 0.0662. The van der Waals surface area contributed by atoms with Crippen molar-refractivity contribution in [2.45, 2.75) is 25.3 Å². The van der Waals surface area contributed by atoms with Crippen LogP contribution in [0.2, 0.25) is 0 Å². The van der Waals surface area contributed by atoms with Crippen LogP contribution in [0, 0.1) is 0 Å². The van der Waals surface area contributed by atoms with E-state index in [-0.39, 0.29) is 11.4 Å². The Morgan fingerprint density at radius 2 is 2.15 bits per heavy atom. The molecule has 0 atom stereocenters. The van der Waals surface area contributed by atoms with Gasteiger partial charge in [0, 0.05) is 24.2 Å². The number of carbonyl (C=O) groups is 1. The Bertz CT molecular complexity index is 626. The Balaban J connectivity index is 1.76. The number of rotatable bonds is 2. The fourth-order valence-corrected chi connectivity index (χ4v) is 2.70. The molecule has 1 aromatic carbocycles. The molecule has 5 nitrogen and oxygen atoms in total. The minimum absolute atomic E-state index is 0.111. The molecule has 1 aromatic heterocycles. The molecule has 2 aromatic rings. The van der Waals surface area contributed by atoms with E-state index in [1.54, 1.807) is 6.33 Å². The van der Waals surface area contributed by atoms with Gasteiger partial charge in [-0.3, -0.25) is 4.79 Å². The lowest BCUT2D eigenvalue weighted by Crippen LogP contribution is -2.51. The minimum atomic E-state index is 0.111. The fraction of sp³-hybridized carbons (Fsp3) is 0.467. The first kappa shape index (κ1) is 13.1. The number of aromatic amines is 1. The van der Waals surface area contributed by atoms with Crippen molar-refractivity contribution in [1.82, 2.24) is 20.2 Å². The van der Waals surface area contributed by atoms with Gasteiger partial charge in [-0.15, -0.1) is 0 Å². The summed E-state index contributed by atoms with van der Waals surface area (Å²) < 4.78 is 0. The summed E-state index contributed by atoms with van der Waals surface area (Å²) in [5.41, 5.74) is 2.69. The molecule has 0 spiro atoms. The number of likely N-dealkylation sites (tertiary alicyclic amines) is 1. The first-order valence-corrected chi connectivity index (χ1v) is 7.03. The number of imidazole rings is 1. The highest BCUT2D eigenvalue weighted by molar-refractivity contribution is 5.97. The van der Waals surface area contributed by atoms with E-state index in [0.717, 1.165) is 42.5 Å². The van der Waals surface area contributed by atoms with Crippen LogP contribution < -0.4 is 5.32 Å². The largest absolute Gasteiger partial charge is 0.345 e. The van der Waals surface area contributed by atoms with Crippen LogP contribution in [0.1, 0.15) is 30.1 Å². The molecule has 3 rings (SSSR count). The standard InChI is InChI=1S/C15H20N4O/c1-15(16-2)5-7-19(8-6-15)14(20)11-3-4-12-13(9-11)18-10-17-12/h3-4,9-10,16H,5-8H2,1-2H3,(H,17,18). The van der Waals surface area contributed by atoms with Gasteiger partial charge < -0.3 is 15.2 Å². The number of carbonyl (C=O) groups excluding carboxylic acids is 1. The van der Waals surface area contributed by atoms with Crippen molar-refractivity contribution < 1.29 is 4.79 Å². The molecule has 0 radical (unpaired) electrons. The maximum atomic E-state index is 12.5. The highest BCUT2D eigenvalue weighted by Crippen LogP contribution is 2.23. The van der Waals surface area contributed by atoms with Gasteiger partial charge in [-0.1, -0.05) is 0 Å². The zero-order chi connectivity index (χ0) is 14.2. The van der Waals surface area contributed by atoms with Crippen LogP contribution in [0.15, 0.2) is 24.5 Å². The number of fused-ring (bicyclic) bond motifs is 1. The van der Waals surface area contributed by atoms with Crippen molar-refractivity contribution in [1.29, 1.82) is 0 Å². The summed E-state index contributed by atoms with van der Waals surface area (Å²) in [4.78, 5) is 21.7. The molecule has 106 valence electrons. The van der Waals surface area contributed by atoms with E-state index < -0.39 is 0 Å². The van der Waals surface area contributed by atoms with Crippen LogP contribution in [0.25, 0.3) is 11.0 Å². The van der Waals surface area contributed by atoms with Crippen LogP contribution in [0.3, 0.4) is 0 Å². The van der Waals surface area contributed by atoms with Gasteiger partial charge in [0.1, 0.15) is 0 Å². The average molecular weight is 272 g/mol. The SMILES string of the molecule is CNC1(C)CCN(C(=O)c2ccc3nc[nH]c3c2)CC1. The molecular formula is C15H20N4O. The summed E-state index contributed by atoms with van der Waals surface area (Å²) >= 11 is 0. The number of hydrogen-bond donors (Lipinski definition) is 2. The van der Waals surface area contributed by atoms with Crippen LogP contribution in [0.5, 0.6) is 0 Å². The molecule has 1 saturated heterocycles. The maximum Gasteiger partial charge on any atom is 0.253 e. The molecule has 1 aliphatic heterocycles. The van der Waals surface area contributed by atoms with Gasteiger partial charge in [-0.05, 0) is 45.0 Å². The van der Waals surface area contributed by atoms with E-state index in [1.165, 1.54) is 0 Å². The Morgan fingerprint density at radius 3 is 2.85 bits per heavy atom. The third kappa shape index (κ3) is 2.29. The first-order chi connectivity index (χ1) is 9.61. The van der Waals surface area contributed by atoms with Crippen molar-refractivity contribution in [3.05, 3.63) is 30.1 Å². The number of nitrogens with one attached hydrogen (secondary N) is 2. The highest BCUT2D eigenvalue weighted by Gasteiger charge is 2.30. The second-order valence-corrected chi connectivity index (χ2v) is 5.74. The lowest BCUT2D eigenvalue weighted by Gasteiger charge is -2.39. The number of aromatic nitrogens is 2. The van der Waals surface area contributed by atoms with Gasteiger partial charge >= 0.3 is 0 Å². The van der Waals surface area contributed by atoms with Crippen LogP contribution in [-0.2, 0) is 0 Å². The summed E-state index contributed by atoms with van der Waals surface area (Å²) in [6.07, 6.45) is 3.63. The second kappa shape index (κ2) is 4.90. The molecule has 2 heterocycles. The normalized spacial score (nSPS) is 18.4. The molecule has 1 fully saturated rings. The van der Waals surface area contributed by atoms with Crippen molar-refractivity contribution >= 4 is 16.9 Å². The Labute approximate surface area is 118 Å². The van der Waals surface area contributed by atoms with E-state index in [1.807, 2.05) is 30.1 Å². The van der Waals surface area contributed by atoms with Crippen molar-refractivity contribution in [2.24, 2.45) is 0 Å². The Morgan fingerprint density at radius 1 is 1.40 bits per heavy atom. The molecule has 0 bridgehead atoms. The van der Waals surface area contributed by atoms with E-state index in [9.17, 15) is 4.79 Å². The van der Waals surface area contributed by atoms with Crippen molar-refractivity contribution in [3.63, 3.8) is 0 Å². The molecule has 0 aliphatic carbocycles. The molecule has 1 aliphatic rings. The summed E-state index contributed by atoms with van der Waals surface area (Å²) in [5.74, 6) is 0.111. The van der Waals surface area contributed by atoms with Gasteiger partial charge in [0.2, 0.25) is 0 Å². The van der Waals surface area contributed by atoms with Crippen LogP contribution >= 0.6 is 0 Å². The molecule has 2 N–H and O–H groups in total. The van der Waals surface area contributed by atoms with E-state index >= 15 is 0 Å². The minimum Gasteiger partial charge on any atom is -0.345 e. The number of H-pyrrole nitrogens is 1. The average Bonchev–Trinajstić information content (AvgIpc) is 2.94. The van der Waals surface area contributed by atoms with Gasteiger partial charge in [0.25, 0.3) is 5.91 Å². The number of nitrogens with zero attached hydrogens (tertiary/aromatic N) is 2. The van der Waals surface area contributed by atoms with Gasteiger partial charge in [-0.2, -0.15) is 0 Å². The number of amides is 1. The van der Waals surface area contributed by atoms with Crippen molar-refractivity contribution in [3.8, 4) is 0 Å². The molecule has 0 saturated carbocycles. The van der Waals surface area contributed by atoms with Crippen molar-refractivity contribution in [2.75, 3.05) is 20.1 Å². The summed E-state index contributed by atoms with van der Waals surface area (Å²) in [6, 6.07) is 5.63. The zero-order valence-electron chi connectivity index (χ0n) is 11.9. The maximum absolute atomic E-state index is 12.5. The third-order valence-electron chi connectivity index (χ3n) is 4.42. The quantitative estimate of drug-likeness (QED) is 0.876. The van der Waals surface area contributed by atoms with E-state index in [0.29, 0.717) is 0 Å². The van der Waals surface area contributed by atoms with Gasteiger partial charge in [-0.25, -0.2) is 4.98 Å². The Hall–Kier alpha value is -1.88. The summed E-state index contributed by atoms with van der Waals surface area (Å²) in [5, 5.41) is 3.35. The number of benzene rings is 1. The smallest absolute Gasteiger partial charge is 0.253 e. The van der Waals surface area contributed by atoms with Crippen LogP contribution in [0.4, 0.5) is 0 Å². The number of piperidine rings is 1.